The molecule has 6 heteroatoms. The Bertz CT molecular complexity index is 608. The number of nitrogens with one attached hydrogen (secondary N) is 1. The number of rotatable bonds is 4. The van der Waals surface area contributed by atoms with Crippen LogP contribution >= 0.6 is 11.6 Å². The first-order chi connectivity index (χ1) is 10.2. The first-order valence-corrected chi connectivity index (χ1v) is 7.54. The zero-order valence-corrected chi connectivity index (χ0v) is 12.8. The minimum atomic E-state index is 0.235. The molecular weight excluding hydrogens is 286 g/mol. The predicted molar refractivity (Wildman–Crippen MR) is 84.8 cm³/mol. The molecule has 1 saturated heterocycles. The van der Waals surface area contributed by atoms with E-state index in [1.807, 2.05) is 0 Å². The lowest BCUT2D eigenvalue weighted by Gasteiger charge is -2.15. The van der Waals surface area contributed by atoms with Crippen LogP contribution in [0, 0.1) is 6.92 Å². The van der Waals surface area contributed by atoms with Crippen molar-refractivity contribution >= 4 is 23.5 Å². The maximum Gasteiger partial charge on any atom is 0.231 e. The fraction of sp³-hybridized carbons (Fsp3) is 0.400. The third-order valence-electron chi connectivity index (χ3n) is 3.56. The second-order valence-electron chi connectivity index (χ2n) is 5.26. The van der Waals surface area contributed by atoms with Crippen molar-refractivity contribution in [2.45, 2.75) is 26.3 Å². The van der Waals surface area contributed by atoms with Crippen LogP contribution in [0.25, 0.3) is 0 Å². The molecule has 1 N–H and O–H groups in total. The van der Waals surface area contributed by atoms with Gasteiger partial charge in [0, 0.05) is 19.6 Å². The Labute approximate surface area is 129 Å². The second kappa shape index (κ2) is 6.26. The number of halogens is 1. The highest BCUT2D eigenvalue weighted by atomic mass is 35.5. The van der Waals surface area contributed by atoms with Crippen molar-refractivity contribution < 1.29 is 0 Å². The number of anilines is 2. The van der Waals surface area contributed by atoms with Crippen LogP contribution in [-0.2, 0) is 6.54 Å². The summed E-state index contributed by atoms with van der Waals surface area (Å²) in [6.45, 7) is 4.71. The molecular formula is C15H18ClN5. The molecule has 0 atom stereocenters. The molecule has 0 saturated carbocycles. The van der Waals surface area contributed by atoms with Gasteiger partial charge in [-0.3, -0.25) is 0 Å². The standard InChI is InChI=1S/C15H18ClN5/c1-11-4-6-12(7-5-11)10-17-14-18-13(16)19-15(20-14)21-8-2-3-9-21/h4-7H,2-3,8-10H2,1H3,(H,17,18,19,20). The van der Waals surface area contributed by atoms with Crippen molar-refractivity contribution in [3.8, 4) is 0 Å². The summed E-state index contributed by atoms with van der Waals surface area (Å²) in [4.78, 5) is 15.0. The van der Waals surface area contributed by atoms with E-state index in [1.54, 1.807) is 0 Å². The fourth-order valence-electron chi connectivity index (χ4n) is 2.36. The lowest BCUT2D eigenvalue weighted by atomic mass is 10.1. The lowest BCUT2D eigenvalue weighted by molar-refractivity contribution is 0.876. The molecule has 0 spiro atoms. The highest BCUT2D eigenvalue weighted by Gasteiger charge is 2.16. The molecule has 0 aliphatic carbocycles. The smallest absolute Gasteiger partial charge is 0.231 e. The molecule has 1 aliphatic heterocycles. The molecule has 3 rings (SSSR count). The summed E-state index contributed by atoms with van der Waals surface area (Å²) in [7, 11) is 0. The lowest BCUT2D eigenvalue weighted by Crippen LogP contribution is -2.21. The van der Waals surface area contributed by atoms with Gasteiger partial charge in [-0.2, -0.15) is 15.0 Å². The van der Waals surface area contributed by atoms with Crippen molar-refractivity contribution in [2.75, 3.05) is 23.3 Å². The van der Waals surface area contributed by atoms with E-state index in [9.17, 15) is 0 Å². The molecule has 110 valence electrons. The second-order valence-corrected chi connectivity index (χ2v) is 5.60. The fourth-order valence-corrected chi connectivity index (χ4v) is 2.52. The van der Waals surface area contributed by atoms with E-state index in [-0.39, 0.29) is 5.28 Å². The van der Waals surface area contributed by atoms with Crippen LogP contribution in [0.2, 0.25) is 5.28 Å². The maximum absolute atomic E-state index is 6.00. The van der Waals surface area contributed by atoms with Gasteiger partial charge in [-0.05, 0) is 36.9 Å². The topological polar surface area (TPSA) is 53.9 Å². The quantitative estimate of drug-likeness (QED) is 0.941. The first kappa shape index (κ1) is 14.1. The van der Waals surface area contributed by atoms with Crippen molar-refractivity contribution in [2.24, 2.45) is 0 Å². The van der Waals surface area contributed by atoms with E-state index in [2.05, 4.69) is 56.4 Å². The summed E-state index contributed by atoms with van der Waals surface area (Å²) in [5, 5.41) is 3.45. The summed E-state index contributed by atoms with van der Waals surface area (Å²) in [5.41, 5.74) is 2.43. The van der Waals surface area contributed by atoms with Gasteiger partial charge in [0.25, 0.3) is 0 Å². The highest BCUT2D eigenvalue weighted by molar-refractivity contribution is 6.28. The van der Waals surface area contributed by atoms with E-state index in [4.69, 9.17) is 11.6 Å². The van der Waals surface area contributed by atoms with Gasteiger partial charge < -0.3 is 10.2 Å². The Morgan fingerprint density at radius 2 is 1.81 bits per heavy atom. The molecule has 2 heterocycles. The summed E-state index contributed by atoms with van der Waals surface area (Å²) in [6, 6.07) is 8.36. The third-order valence-corrected chi connectivity index (χ3v) is 3.73. The number of aromatic nitrogens is 3. The zero-order valence-electron chi connectivity index (χ0n) is 12.0. The molecule has 5 nitrogen and oxygen atoms in total. The van der Waals surface area contributed by atoms with Crippen LogP contribution in [0.4, 0.5) is 11.9 Å². The third kappa shape index (κ3) is 3.61. The average molecular weight is 304 g/mol. The first-order valence-electron chi connectivity index (χ1n) is 7.17. The minimum Gasteiger partial charge on any atom is -0.350 e. The van der Waals surface area contributed by atoms with E-state index in [0.29, 0.717) is 18.4 Å². The number of aryl methyl sites for hydroxylation is 1. The summed E-state index contributed by atoms with van der Waals surface area (Å²) in [5.74, 6) is 1.19. The molecule has 0 amide bonds. The van der Waals surface area contributed by atoms with Crippen LogP contribution < -0.4 is 10.2 Å². The Morgan fingerprint density at radius 1 is 1.10 bits per heavy atom. The van der Waals surface area contributed by atoms with Gasteiger partial charge in [0.15, 0.2) is 0 Å². The van der Waals surface area contributed by atoms with Gasteiger partial charge in [-0.15, -0.1) is 0 Å². The number of nitrogens with zero attached hydrogens (tertiary/aromatic N) is 4. The van der Waals surface area contributed by atoms with E-state index in [1.165, 1.54) is 24.0 Å². The Morgan fingerprint density at radius 3 is 2.52 bits per heavy atom. The molecule has 1 fully saturated rings. The van der Waals surface area contributed by atoms with Crippen LogP contribution in [0.3, 0.4) is 0 Å². The molecule has 0 radical (unpaired) electrons. The van der Waals surface area contributed by atoms with Crippen molar-refractivity contribution in [3.63, 3.8) is 0 Å². The van der Waals surface area contributed by atoms with E-state index < -0.39 is 0 Å². The number of hydrogen-bond acceptors (Lipinski definition) is 5. The molecule has 0 unspecified atom stereocenters. The Balaban J connectivity index is 1.71. The highest BCUT2D eigenvalue weighted by Crippen LogP contribution is 2.18. The molecule has 1 aliphatic rings. The van der Waals surface area contributed by atoms with Gasteiger partial charge in [0.2, 0.25) is 17.2 Å². The molecule has 0 bridgehead atoms. The average Bonchev–Trinajstić information content (AvgIpc) is 3.00. The van der Waals surface area contributed by atoms with Gasteiger partial charge >= 0.3 is 0 Å². The largest absolute Gasteiger partial charge is 0.350 e. The summed E-state index contributed by atoms with van der Waals surface area (Å²) in [6.07, 6.45) is 2.35. The Kier molecular flexibility index (Phi) is 4.20. The summed E-state index contributed by atoms with van der Waals surface area (Å²) >= 11 is 6.00. The Hall–Kier alpha value is -1.88. The monoisotopic (exact) mass is 303 g/mol. The number of benzene rings is 1. The van der Waals surface area contributed by atoms with Crippen LogP contribution in [0.15, 0.2) is 24.3 Å². The van der Waals surface area contributed by atoms with Gasteiger partial charge in [0.05, 0.1) is 0 Å². The molecule has 1 aromatic carbocycles. The van der Waals surface area contributed by atoms with Gasteiger partial charge in [-0.1, -0.05) is 29.8 Å². The molecule has 1 aromatic heterocycles. The SMILES string of the molecule is Cc1ccc(CNc2nc(Cl)nc(N3CCCC3)n2)cc1. The maximum atomic E-state index is 6.00. The molecule has 21 heavy (non-hydrogen) atoms. The van der Waals surface area contributed by atoms with Crippen molar-refractivity contribution in [3.05, 3.63) is 40.7 Å². The summed E-state index contributed by atoms with van der Waals surface area (Å²) < 4.78 is 0. The van der Waals surface area contributed by atoms with Crippen LogP contribution in [0.1, 0.15) is 24.0 Å². The van der Waals surface area contributed by atoms with Gasteiger partial charge in [0.1, 0.15) is 0 Å². The zero-order chi connectivity index (χ0) is 14.7. The van der Waals surface area contributed by atoms with Gasteiger partial charge in [-0.25, -0.2) is 0 Å². The van der Waals surface area contributed by atoms with E-state index >= 15 is 0 Å². The van der Waals surface area contributed by atoms with Crippen molar-refractivity contribution in [1.82, 2.24) is 15.0 Å². The predicted octanol–water partition coefficient (Wildman–Crippen LogP) is 3.05. The molecule has 2 aromatic rings. The number of hydrogen-bond donors (Lipinski definition) is 1. The van der Waals surface area contributed by atoms with Crippen molar-refractivity contribution in [1.29, 1.82) is 0 Å². The van der Waals surface area contributed by atoms with E-state index in [0.717, 1.165) is 13.1 Å². The van der Waals surface area contributed by atoms with Crippen LogP contribution in [-0.4, -0.2) is 28.0 Å². The van der Waals surface area contributed by atoms with Crippen LogP contribution in [0.5, 0.6) is 0 Å². The minimum absolute atomic E-state index is 0.235. The normalized spacial score (nSPS) is 14.5.